The molecule has 2 rings (SSSR count). The number of nitrogens with zero attached hydrogens (tertiary/aromatic N) is 1. The van der Waals surface area contributed by atoms with Gasteiger partial charge in [0.25, 0.3) is 11.8 Å². The summed E-state index contributed by atoms with van der Waals surface area (Å²) < 4.78 is 5.34. The van der Waals surface area contributed by atoms with Crippen LogP contribution in [0.4, 0.5) is 5.69 Å². The second-order valence-corrected chi connectivity index (χ2v) is 6.09. The van der Waals surface area contributed by atoms with E-state index in [1.807, 2.05) is 20.0 Å². The summed E-state index contributed by atoms with van der Waals surface area (Å²) >= 11 is 0. The number of rotatable bonds is 5. The maximum Gasteiger partial charge on any atom is 0.253 e. The molecule has 1 aliphatic rings. The second kappa shape index (κ2) is 8.64. The minimum absolute atomic E-state index is 0.00170. The van der Waals surface area contributed by atoms with Gasteiger partial charge in [-0.1, -0.05) is 13.0 Å². The molecule has 130 valence electrons. The molecule has 0 saturated carbocycles. The fourth-order valence-corrected chi connectivity index (χ4v) is 2.77. The van der Waals surface area contributed by atoms with Crippen molar-refractivity contribution in [2.24, 2.45) is 0 Å². The summed E-state index contributed by atoms with van der Waals surface area (Å²) in [5.41, 5.74) is 2.01. The standard InChI is InChI=1S/C19H26N2O3/c1-4-5-14(2)18(22)20-16-8-6-15(7-9-16)19(23)21(3)17-10-12-24-13-11-17/h5-9,17H,4,10-13H2,1-3H3,(H,20,22)/b14-5-. The number of carbonyl (C=O) groups is 2. The molecule has 0 spiro atoms. The maximum atomic E-state index is 12.6. The maximum absolute atomic E-state index is 12.6. The van der Waals surface area contributed by atoms with Gasteiger partial charge in [0, 0.05) is 43.1 Å². The van der Waals surface area contributed by atoms with Gasteiger partial charge in [-0.15, -0.1) is 0 Å². The second-order valence-electron chi connectivity index (χ2n) is 6.09. The van der Waals surface area contributed by atoms with E-state index in [0.29, 0.717) is 30.0 Å². The van der Waals surface area contributed by atoms with Crippen LogP contribution in [0.15, 0.2) is 35.9 Å². The molecule has 0 aromatic heterocycles. The molecule has 1 aromatic carbocycles. The highest BCUT2D eigenvalue weighted by atomic mass is 16.5. The van der Waals surface area contributed by atoms with Gasteiger partial charge in [-0.25, -0.2) is 0 Å². The molecule has 1 aliphatic heterocycles. The van der Waals surface area contributed by atoms with Gasteiger partial charge < -0.3 is 15.0 Å². The Kier molecular flexibility index (Phi) is 6.55. The van der Waals surface area contributed by atoms with Crippen LogP contribution >= 0.6 is 0 Å². The third-order valence-electron chi connectivity index (χ3n) is 4.32. The van der Waals surface area contributed by atoms with E-state index in [1.165, 1.54) is 0 Å². The van der Waals surface area contributed by atoms with Gasteiger partial charge in [0.2, 0.25) is 0 Å². The Morgan fingerprint density at radius 2 is 1.88 bits per heavy atom. The molecule has 0 atom stereocenters. The zero-order chi connectivity index (χ0) is 17.5. The molecule has 1 heterocycles. The summed E-state index contributed by atoms with van der Waals surface area (Å²) in [7, 11) is 1.84. The monoisotopic (exact) mass is 330 g/mol. The van der Waals surface area contributed by atoms with Crippen molar-refractivity contribution in [3.05, 3.63) is 41.5 Å². The van der Waals surface area contributed by atoms with Crippen molar-refractivity contribution in [2.75, 3.05) is 25.6 Å². The SMILES string of the molecule is CC/C=C(/C)C(=O)Nc1ccc(C(=O)N(C)C2CCOCC2)cc1. The number of hydrogen-bond acceptors (Lipinski definition) is 3. The normalized spacial score (nSPS) is 15.9. The molecule has 0 radical (unpaired) electrons. The molecule has 5 heteroatoms. The van der Waals surface area contributed by atoms with Crippen molar-refractivity contribution in [3.8, 4) is 0 Å². The number of anilines is 1. The first-order chi connectivity index (χ1) is 11.5. The van der Waals surface area contributed by atoms with E-state index in [1.54, 1.807) is 36.1 Å². The van der Waals surface area contributed by atoms with E-state index in [0.717, 1.165) is 19.3 Å². The predicted octanol–water partition coefficient (Wildman–Crippen LogP) is 3.23. The smallest absolute Gasteiger partial charge is 0.253 e. The highest BCUT2D eigenvalue weighted by Gasteiger charge is 2.23. The lowest BCUT2D eigenvalue weighted by Gasteiger charge is -2.31. The number of benzene rings is 1. The molecule has 0 bridgehead atoms. The topological polar surface area (TPSA) is 58.6 Å². The van der Waals surface area contributed by atoms with Gasteiger partial charge in [0.15, 0.2) is 0 Å². The summed E-state index contributed by atoms with van der Waals surface area (Å²) in [6.07, 6.45) is 4.46. The van der Waals surface area contributed by atoms with Crippen LogP contribution in [0.25, 0.3) is 0 Å². The van der Waals surface area contributed by atoms with E-state index < -0.39 is 0 Å². The first-order valence-electron chi connectivity index (χ1n) is 8.46. The van der Waals surface area contributed by atoms with Crippen molar-refractivity contribution < 1.29 is 14.3 Å². The zero-order valence-corrected chi connectivity index (χ0v) is 14.7. The lowest BCUT2D eigenvalue weighted by molar-refractivity contribution is -0.112. The van der Waals surface area contributed by atoms with Crippen molar-refractivity contribution >= 4 is 17.5 Å². The van der Waals surface area contributed by atoms with Crippen LogP contribution in [-0.2, 0) is 9.53 Å². The minimum atomic E-state index is -0.116. The molecule has 2 amide bonds. The summed E-state index contributed by atoms with van der Waals surface area (Å²) in [5.74, 6) is -0.114. The third kappa shape index (κ3) is 4.68. The quantitative estimate of drug-likeness (QED) is 0.843. The van der Waals surface area contributed by atoms with E-state index in [-0.39, 0.29) is 17.9 Å². The highest BCUT2D eigenvalue weighted by molar-refractivity contribution is 6.03. The van der Waals surface area contributed by atoms with Gasteiger partial charge >= 0.3 is 0 Å². The zero-order valence-electron chi connectivity index (χ0n) is 14.7. The Hall–Kier alpha value is -2.14. The predicted molar refractivity (Wildman–Crippen MR) is 95.1 cm³/mol. The summed E-state index contributed by atoms with van der Waals surface area (Å²) in [6, 6.07) is 7.27. The lowest BCUT2D eigenvalue weighted by Crippen LogP contribution is -2.40. The van der Waals surface area contributed by atoms with Crippen LogP contribution in [-0.4, -0.2) is 43.0 Å². The number of carbonyl (C=O) groups excluding carboxylic acids is 2. The molecule has 5 nitrogen and oxygen atoms in total. The van der Waals surface area contributed by atoms with Crippen LogP contribution in [0.2, 0.25) is 0 Å². The Morgan fingerprint density at radius 1 is 1.25 bits per heavy atom. The number of ether oxygens (including phenoxy) is 1. The number of allylic oxidation sites excluding steroid dienone is 1. The number of amides is 2. The largest absolute Gasteiger partial charge is 0.381 e. The van der Waals surface area contributed by atoms with Crippen molar-refractivity contribution in [1.82, 2.24) is 4.90 Å². The van der Waals surface area contributed by atoms with Crippen LogP contribution in [0.1, 0.15) is 43.5 Å². The summed E-state index contributed by atoms with van der Waals surface area (Å²) in [6.45, 7) is 5.20. The first kappa shape index (κ1) is 18.2. The Bertz CT molecular complexity index is 602. The molecule has 0 aliphatic carbocycles. The molecule has 1 N–H and O–H groups in total. The van der Waals surface area contributed by atoms with Gasteiger partial charge in [0.05, 0.1) is 0 Å². The van der Waals surface area contributed by atoms with E-state index in [9.17, 15) is 9.59 Å². The van der Waals surface area contributed by atoms with Gasteiger partial charge in [0.1, 0.15) is 0 Å². The van der Waals surface area contributed by atoms with Crippen molar-refractivity contribution in [2.45, 2.75) is 39.2 Å². The Balaban J connectivity index is 1.99. The van der Waals surface area contributed by atoms with Gasteiger partial charge in [-0.05, 0) is 50.5 Å². The van der Waals surface area contributed by atoms with Crippen LogP contribution in [0.3, 0.4) is 0 Å². The molecule has 24 heavy (non-hydrogen) atoms. The van der Waals surface area contributed by atoms with Crippen molar-refractivity contribution in [3.63, 3.8) is 0 Å². The van der Waals surface area contributed by atoms with Crippen LogP contribution < -0.4 is 5.32 Å². The van der Waals surface area contributed by atoms with Crippen molar-refractivity contribution in [1.29, 1.82) is 0 Å². The van der Waals surface area contributed by atoms with Gasteiger partial charge in [-0.2, -0.15) is 0 Å². The number of nitrogens with one attached hydrogen (secondary N) is 1. The molecular weight excluding hydrogens is 304 g/mol. The Labute approximate surface area is 143 Å². The van der Waals surface area contributed by atoms with Crippen LogP contribution in [0.5, 0.6) is 0 Å². The average molecular weight is 330 g/mol. The van der Waals surface area contributed by atoms with E-state index in [2.05, 4.69) is 5.32 Å². The minimum Gasteiger partial charge on any atom is -0.381 e. The molecule has 0 unspecified atom stereocenters. The summed E-state index contributed by atoms with van der Waals surface area (Å²) in [5, 5.41) is 2.84. The van der Waals surface area contributed by atoms with E-state index in [4.69, 9.17) is 4.74 Å². The fourth-order valence-electron chi connectivity index (χ4n) is 2.77. The molecule has 1 saturated heterocycles. The Morgan fingerprint density at radius 3 is 2.46 bits per heavy atom. The fraction of sp³-hybridized carbons (Fsp3) is 0.474. The van der Waals surface area contributed by atoms with Crippen LogP contribution in [0, 0.1) is 0 Å². The summed E-state index contributed by atoms with van der Waals surface area (Å²) in [4.78, 5) is 26.3. The molecule has 1 fully saturated rings. The lowest BCUT2D eigenvalue weighted by atomic mass is 10.1. The highest BCUT2D eigenvalue weighted by Crippen LogP contribution is 2.17. The number of hydrogen-bond donors (Lipinski definition) is 1. The molecular formula is C19H26N2O3. The van der Waals surface area contributed by atoms with E-state index >= 15 is 0 Å². The molecule has 1 aromatic rings. The third-order valence-corrected chi connectivity index (χ3v) is 4.32. The van der Waals surface area contributed by atoms with Gasteiger partial charge in [-0.3, -0.25) is 9.59 Å². The first-order valence-corrected chi connectivity index (χ1v) is 8.46. The average Bonchev–Trinajstić information content (AvgIpc) is 2.62.